The predicted molar refractivity (Wildman–Crippen MR) is 57.1 cm³/mol. The van der Waals surface area contributed by atoms with Crippen LogP contribution in [0.4, 0.5) is 5.95 Å². The van der Waals surface area contributed by atoms with E-state index in [9.17, 15) is 0 Å². The first-order chi connectivity index (χ1) is 7.20. The van der Waals surface area contributed by atoms with E-state index >= 15 is 0 Å². The monoisotopic (exact) mass is 204 g/mol. The average molecular weight is 204 g/mol. The van der Waals surface area contributed by atoms with Crippen LogP contribution in [0.5, 0.6) is 0 Å². The highest BCUT2D eigenvalue weighted by Gasteiger charge is 2.16. The van der Waals surface area contributed by atoms with Crippen molar-refractivity contribution in [3.8, 4) is 0 Å². The number of rotatable bonds is 2. The van der Waals surface area contributed by atoms with Crippen molar-refractivity contribution in [2.24, 2.45) is 5.73 Å². The Labute approximate surface area is 86.7 Å². The quantitative estimate of drug-likeness (QED) is 0.578. The summed E-state index contributed by atoms with van der Waals surface area (Å²) in [6.45, 7) is 0. The van der Waals surface area contributed by atoms with E-state index in [1.807, 2.05) is 30.3 Å². The van der Waals surface area contributed by atoms with E-state index in [-0.39, 0.29) is 5.95 Å². The molecule has 0 aliphatic heterocycles. The number of nitrogens with zero attached hydrogens (tertiary/aromatic N) is 3. The minimum atomic E-state index is -0.416. The Bertz CT molecular complexity index is 449. The van der Waals surface area contributed by atoms with Gasteiger partial charge < -0.3 is 17.3 Å². The average Bonchev–Trinajstić information content (AvgIpc) is 2.60. The smallest absolute Gasteiger partial charge is 0.240 e. The second-order valence-corrected chi connectivity index (χ2v) is 3.17. The molecule has 0 unspecified atom stereocenters. The predicted octanol–water partition coefficient (Wildman–Crippen LogP) is -0.378. The largest absolute Gasteiger partial charge is 0.366 e. The van der Waals surface area contributed by atoms with Crippen LogP contribution in [-0.4, -0.2) is 14.9 Å². The zero-order valence-corrected chi connectivity index (χ0v) is 8.04. The Kier molecular flexibility index (Phi) is 2.26. The fraction of sp³-hybridized carbons (Fsp3) is 0.111. The van der Waals surface area contributed by atoms with Crippen molar-refractivity contribution in [3.63, 3.8) is 0 Å². The first-order valence-electron chi connectivity index (χ1n) is 4.46. The van der Waals surface area contributed by atoms with Crippen molar-refractivity contribution in [2.75, 3.05) is 11.6 Å². The van der Waals surface area contributed by atoms with Gasteiger partial charge in [-0.15, -0.1) is 10.2 Å². The fourth-order valence-corrected chi connectivity index (χ4v) is 1.34. The molecule has 6 N–H and O–H groups in total. The Hall–Kier alpha value is -2.08. The molecule has 0 bridgehead atoms. The maximum Gasteiger partial charge on any atom is 0.240 e. The maximum atomic E-state index is 5.97. The summed E-state index contributed by atoms with van der Waals surface area (Å²) in [5.41, 5.74) is 12.4. The van der Waals surface area contributed by atoms with Crippen LogP contribution >= 0.6 is 0 Å². The number of nitrogen functional groups attached to an aromatic ring is 2. The topological polar surface area (TPSA) is 109 Å². The SMILES string of the molecule is Nc1nnc([C@@H](N)c2ccccc2)n1N. The third-order valence-corrected chi connectivity index (χ3v) is 2.19. The van der Waals surface area contributed by atoms with Crippen LogP contribution < -0.4 is 17.3 Å². The minimum absolute atomic E-state index is 0.149. The first-order valence-corrected chi connectivity index (χ1v) is 4.46. The van der Waals surface area contributed by atoms with Crippen molar-refractivity contribution in [1.29, 1.82) is 0 Å². The molecule has 0 aliphatic carbocycles. The van der Waals surface area contributed by atoms with Gasteiger partial charge in [0.1, 0.15) is 0 Å². The van der Waals surface area contributed by atoms with Gasteiger partial charge in [0.2, 0.25) is 5.95 Å². The van der Waals surface area contributed by atoms with Gasteiger partial charge in [-0.2, -0.15) is 0 Å². The van der Waals surface area contributed by atoms with E-state index in [1.54, 1.807) is 0 Å². The van der Waals surface area contributed by atoms with E-state index in [4.69, 9.17) is 17.3 Å². The standard InChI is InChI=1S/C9H12N6/c10-7(6-4-2-1-3-5-6)8-13-14-9(11)15(8)12/h1-5,7H,10,12H2,(H2,11,14)/t7-/m0/s1. The van der Waals surface area contributed by atoms with Gasteiger partial charge in [-0.25, -0.2) is 4.68 Å². The highest BCUT2D eigenvalue weighted by molar-refractivity contribution is 5.27. The highest BCUT2D eigenvalue weighted by atomic mass is 15.4. The lowest BCUT2D eigenvalue weighted by atomic mass is 10.1. The van der Waals surface area contributed by atoms with Crippen molar-refractivity contribution in [2.45, 2.75) is 6.04 Å². The van der Waals surface area contributed by atoms with E-state index in [0.29, 0.717) is 5.82 Å². The van der Waals surface area contributed by atoms with Gasteiger partial charge >= 0.3 is 0 Å². The number of nitrogens with two attached hydrogens (primary N) is 3. The third kappa shape index (κ3) is 1.62. The van der Waals surface area contributed by atoms with Gasteiger partial charge in [0, 0.05) is 0 Å². The Morgan fingerprint density at radius 3 is 2.33 bits per heavy atom. The molecule has 1 atom stereocenters. The molecular weight excluding hydrogens is 192 g/mol. The Morgan fingerprint density at radius 1 is 1.13 bits per heavy atom. The molecule has 2 aromatic rings. The van der Waals surface area contributed by atoms with Crippen molar-refractivity contribution < 1.29 is 0 Å². The summed E-state index contributed by atoms with van der Waals surface area (Å²) in [7, 11) is 0. The van der Waals surface area contributed by atoms with E-state index < -0.39 is 6.04 Å². The van der Waals surface area contributed by atoms with Crippen LogP contribution in [0.1, 0.15) is 17.4 Å². The second kappa shape index (κ2) is 3.58. The summed E-state index contributed by atoms with van der Waals surface area (Å²) in [5, 5.41) is 7.48. The summed E-state index contributed by atoms with van der Waals surface area (Å²) in [5.74, 6) is 6.22. The molecular formula is C9H12N6. The normalized spacial score (nSPS) is 12.6. The highest BCUT2D eigenvalue weighted by Crippen LogP contribution is 2.16. The fourth-order valence-electron chi connectivity index (χ4n) is 1.34. The first kappa shape index (κ1) is 9.47. The van der Waals surface area contributed by atoms with Gasteiger partial charge in [0.25, 0.3) is 0 Å². The number of hydrogen-bond acceptors (Lipinski definition) is 5. The zero-order chi connectivity index (χ0) is 10.8. The lowest BCUT2D eigenvalue weighted by molar-refractivity contribution is 0.740. The number of benzene rings is 1. The summed E-state index contributed by atoms with van der Waals surface area (Å²) < 4.78 is 1.19. The van der Waals surface area contributed by atoms with Crippen LogP contribution in [0, 0.1) is 0 Å². The molecule has 6 heteroatoms. The van der Waals surface area contributed by atoms with Crippen LogP contribution in [-0.2, 0) is 0 Å². The van der Waals surface area contributed by atoms with Gasteiger partial charge in [0.15, 0.2) is 5.82 Å². The van der Waals surface area contributed by atoms with Gasteiger partial charge in [-0.1, -0.05) is 30.3 Å². The van der Waals surface area contributed by atoms with Gasteiger partial charge in [-0.3, -0.25) is 0 Å². The Balaban J connectivity index is 2.37. The molecule has 0 radical (unpaired) electrons. The van der Waals surface area contributed by atoms with Gasteiger partial charge in [0.05, 0.1) is 6.04 Å². The minimum Gasteiger partial charge on any atom is -0.366 e. The molecule has 78 valence electrons. The number of aromatic nitrogens is 3. The molecule has 6 nitrogen and oxygen atoms in total. The lowest BCUT2D eigenvalue weighted by Crippen LogP contribution is -2.23. The van der Waals surface area contributed by atoms with Crippen LogP contribution in [0.15, 0.2) is 30.3 Å². The molecule has 0 spiro atoms. The molecule has 15 heavy (non-hydrogen) atoms. The second-order valence-electron chi connectivity index (χ2n) is 3.17. The van der Waals surface area contributed by atoms with Crippen molar-refractivity contribution >= 4 is 5.95 Å². The van der Waals surface area contributed by atoms with Crippen molar-refractivity contribution in [3.05, 3.63) is 41.7 Å². The zero-order valence-electron chi connectivity index (χ0n) is 8.04. The molecule has 1 aromatic heterocycles. The van der Waals surface area contributed by atoms with E-state index in [2.05, 4.69) is 10.2 Å². The number of hydrogen-bond donors (Lipinski definition) is 3. The molecule has 1 heterocycles. The number of anilines is 1. The molecule has 0 amide bonds. The summed E-state index contributed by atoms with van der Waals surface area (Å²) in [6.07, 6.45) is 0. The van der Waals surface area contributed by atoms with E-state index in [1.165, 1.54) is 4.68 Å². The molecule has 0 saturated heterocycles. The summed E-state index contributed by atoms with van der Waals surface area (Å²) in [6, 6.07) is 9.09. The maximum absolute atomic E-state index is 5.97. The van der Waals surface area contributed by atoms with E-state index in [0.717, 1.165) is 5.56 Å². The van der Waals surface area contributed by atoms with Crippen molar-refractivity contribution in [1.82, 2.24) is 14.9 Å². The molecule has 0 saturated carbocycles. The molecule has 2 rings (SSSR count). The van der Waals surface area contributed by atoms with Crippen LogP contribution in [0.2, 0.25) is 0 Å². The van der Waals surface area contributed by atoms with Crippen LogP contribution in [0.25, 0.3) is 0 Å². The third-order valence-electron chi connectivity index (χ3n) is 2.19. The Morgan fingerprint density at radius 2 is 1.80 bits per heavy atom. The molecule has 0 fully saturated rings. The van der Waals surface area contributed by atoms with Gasteiger partial charge in [-0.05, 0) is 5.56 Å². The molecule has 0 aliphatic rings. The van der Waals surface area contributed by atoms with Crippen LogP contribution in [0.3, 0.4) is 0 Å². The molecule has 1 aromatic carbocycles. The summed E-state index contributed by atoms with van der Waals surface area (Å²) in [4.78, 5) is 0. The lowest BCUT2D eigenvalue weighted by Gasteiger charge is -2.10. The summed E-state index contributed by atoms with van der Waals surface area (Å²) >= 11 is 0.